The summed E-state index contributed by atoms with van der Waals surface area (Å²) in [5.74, 6) is -0.347. The Labute approximate surface area is 136 Å². The van der Waals surface area contributed by atoms with Crippen LogP contribution in [0.25, 0.3) is 0 Å². The van der Waals surface area contributed by atoms with E-state index in [1.165, 1.54) is 0 Å². The molecule has 0 radical (unpaired) electrons. The molecule has 4 N–H and O–H groups in total. The van der Waals surface area contributed by atoms with E-state index in [2.05, 4.69) is 10.6 Å². The molecule has 0 bridgehead atoms. The molecule has 6 nitrogen and oxygen atoms in total. The molecule has 1 atom stereocenters. The lowest BCUT2D eigenvalue weighted by Gasteiger charge is -2.11. The van der Waals surface area contributed by atoms with E-state index in [4.69, 9.17) is 10.5 Å². The number of carbonyl (C=O) groups excluding carboxylic acids is 2. The molecule has 1 aliphatic rings. The highest BCUT2D eigenvalue weighted by molar-refractivity contribution is 5.94. The van der Waals surface area contributed by atoms with Gasteiger partial charge in [-0.3, -0.25) is 9.59 Å². The van der Waals surface area contributed by atoms with Gasteiger partial charge in [-0.2, -0.15) is 0 Å². The lowest BCUT2D eigenvalue weighted by molar-refractivity contribution is -0.119. The minimum Gasteiger partial charge on any atom is -0.376 e. The Hall–Kier alpha value is -1.63. The van der Waals surface area contributed by atoms with Crippen LogP contribution in [-0.4, -0.2) is 37.6 Å². The second-order valence-electron chi connectivity index (χ2n) is 5.03. The number of ether oxygens (including phenoxy) is 1. The first-order valence-corrected chi connectivity index (χ1v) is 7.14. The van der Waals surface area contributed by atoms with Gasteiger partial charge in [-0.15, -0.1) is 12.4 Å². The van der Waals surface area contributed by atoms with Gasteiger partial charge in [0.05, 0.1) is 12.6 Å². The monoisotopic (exact) mass is 327 g/mol. The van der Waals surface area contributed by atoms with Crippen LogP contribution in [0.5, 0.6) is 0 Å². The topological polar surface area (TPSA) is 93.5 Å². The van der Waals surface area contributed by atoms with Crippen LogP contribution >= 0.6 is 12.4 Å². The molecule has 0 saturated carbocycles. The highest BCUT2D eigenvalue weighted by atomic mass is 35.5. The van der Waals surface area contributed by atoms with Gasteiger partial charge in [-0.25, -0.2) is 0 Å². The quantitative estimate of drug-likeness (QED) is 0.713. The van der Waals surface area contributed by atoms with Gasteiger partial charge >= 0.3 is 0 Å². The van der Waals surface area contributed by atoms with Crippen LogP contribution in [0.2, 0.25) is 0 Å². The largest absolute Gasteiger partial charge is 0.376 e. The van der Waals surface area contributed by atoms with Crippen molar-refractivity contribution in [2.45, 2.75) is 25.5 Å². The predicted molar refractivity (Wildman–Crippen MR) is 85.9 cm³/mol. The van der Waals surface area contributed by atoms with Crippen molar-refractivity contribution in [2.75, 3.05) is 19.7 Å². The third-order valence-corrected chi connectivity index (χ3v) is 3.38. The second-order valence-corrected chi connectivity index (χ2v) is 5.03. The maximum atomic E-state index is 12.1. The number of carbonyl (C=O) groups is 2. The zero-order chi connectivity index (χ0) is 15.1. The summed E-state index contributed by atoms with van der Waals surface area (Å²) in [6, 6.07) is 7.17. The third kappa shape index (κ3) is 5.63. The summed E-state index contributed by atoms with van der Waals surface area (Å²) in [6.07, 6.45) is 2.17. The fourth-order valence-electron chi connectivity index (χ4n) is 2.21. The van der Waals surface area contributed by atoms with Crippen molar-refractivity contribution in [1.29, 1.82) is 0 Å². The van der Waals surface area contributed by atoms with Crippen molar-refractivity contribution in [3.8, 4) is 0 Å². The molecular weight excluding hydrogens is 306 g/mol. The third-order valence-electron chi connectivity index (χ3n) is 3.38. The number of rotatable bonds is 6. The number of nitrogens with two attached hydrogens (primary N) is 1. The normalized spacial score (nSPS) is 16.7. The van der Waals surface area contributed by atoms with Gasteiger partial charge in [0, 0.05) is 25.3 Å². The van der Waals surface area contributed by atoms with Gasteiger partial charge in [0.1, 0.15) is 0 Å². The molecule has 0 aliphatic carbocycles. The fourth-order valence-corrected chi connectivity index (χ4v) is 2.21. The van der Waals surface area contributed by atoms with Gasteiger partial charge in [0.25, 0.3) is 5.91 Å². The Kier molecular flexibility index (Phi) is 7.87. The lowest BCUT2D eigenvalue weighted by atomic mass is 10.1. The maximum Gasteiger partial charge on any atom is 0.251 e. The van der Waals surface area contributed by atoms with E-state index in [-0.39, 0.29) is 36.9 Å². The van der Waals surface area contributed by atoms with Crippen LogP contribution < -0.4 is 16.4 Å². The predicted octanol–water partition coefficient (Wildman–Crippen LogP) is 0.592. The summed E-state index contributed by atoms with van der Waals surface area (Å²) in [4.78, 5) is 23.2. The molecule has 1 aromatic carbocycles. The van der Waals surface area contributed by atoms with E-state index in [0.717, 1.165) is 25.0 Å². The van der Waals surface area contributed by atoms with E-state index in [9.17, 15) is 9.59 Å². The van der Waals surface area contributed by atoms with E-state index in [1.54, 1.807) is 18.2 Å². The first-order chi connectivity index (χ1) is 10.2. The highest BCUT2D eigenvalue weighted by Gasteiger charge is 2.16. The first-order valence-electron chi connectivity index (χ1n) is 7.14. The van der Waals surface area contributed by atoms with E-state index < -0.39 is 0 Å². The number of nitrogens with one attached hydrogen (secondary N) is 2. The summed E-state index contributed by atoms with van der Waals surface area (Å²) in [5.41, 5.74) is 6.66. The molecule has 1 unspecified atom stereocenters. The average Bonchev–Trinajstić information content (AvgIpc) is 3.04. The van der Waals surface area contributed by atoms with Crippen molar-refractivity contribution >= 4 is 24.2 Å². The van der Waals surface area contributed by atoms with Gasteiger partial charge in [0.2, 0.25) is 5.91 Å². The van der Waals surface area contributed by atoms with Crippen molar-refractivity contribution in [2.24, 2.45) is 5.73 Å². The number of benzene rings is 1. The van der Waals surface area contributed by atoms with Crippen molar-refractivity contribution in [3.63, 3.8) is 0 Å². The number of hydrogen-bond acceptors (Lipinski definition) is 4. The molecule has 122 valence electrons. The highest BCUT2D eigenvalue weighted by Crippen LogP contribution is 2.11. The molecule has 0 aromatic heterocycles. The molecule has 22 heavy (non-hydrogen) atoms. The Morgan fingerprint density at radius 3 is 2.82 bits per heavy atom. The molecule has 1 fully saturated rings. The summed E-state index contributed by atoms with van der Waals surface area (Å²) in [5, 5.41) is 5.55. The summed E-state index contributed by atoms with van der Waals surface area (Å²) in [7, 11) is 0. The Balaban J connectivity index is 0.00000242. The van der Waals surface area contributed by atoms with Crippen LogP contribution in [0, 0.1) is 0 Å². The summed E-state index contributed by atoms with van der Waals surface area (Å²) < 4.78 is 5.47. The second kappa shape index (κ2) is 9.40. The maximum absolute atomic E-state index is 12.1. The minimum atomic E-state index is -0.219. The van der Waals surface area contributed by atoms with Crippen molar-refractivity contribution in [1.82, 2.24) is 10.6 Å². The zero-order valence-electron chi connectivity index (χ0n) is 12.3. The fraction of sp³-hybridized carbons (Fsp3) is 0.467. The Morgan fingerprint density at radius 1 is 1.32 bits per heavy atom. The van der Waals surface area contributed by atoms with E-state index >= 15 is 0 Å². The Bertz CT molecular complexity index is 505. The van der Waals surface area contributed by atoms with E-state index in [0.29, 0.717) is 18.7 Å². The van der Waals surface area contributed by atoms with Gasteiger partial charge in [-0.05, 0) is 30.5 Å². The van der Waals surface area contributed by atoms with Crippen LogP contribution in [-0.2, 0) is 16.1 Å². The lowest BCUT2D eigenvalue weighted by Crippen LogP contribution is -2.32. The number of halogens is 1. The standard InChI is InChI=1S/C15H21N3O3.ClH/c16-8-14(19)17-9-11-3-1-4-12(7-11)15(20)18-10-13-5-2-6-21-13;/h1,3-4,7,13H,2,5-6,8-10,16H2,(H,17,19)(H,18,20);1H. The van der Waals surface area contributed by atoms with Crippen LogP contribution in [0.1, 0.15) is 28.8 Å². The first kappa shape index (κ1) is 18.4. The number of hydrogen-bond donors (Lipinski definition) is 3. The molecule has 2 rings (SSSR count). The minimum absolute atomic E-state index is 0. The molecule has 1 heterocycles. The van der Waals surface area contributed by atoms with E-state index in [1.807, 2.05) is 6.07 Å². The molecular formula is C15H22ClN3O3. The zero-order valence-corrected chi connectivity index (χ0v) is 13.2. The van der Waals surface area contributed by atoms with Crippen molar-refractivity contribution < 1.29 is 14.3 Å². The van der Waals surface area contributed by atoms with Crippen LogP contribution in [0.15, 0.2) is 24.3 Å². The molecule has 1 saturated heterocycles. The average molecular weight is 328 g/mol. The molecule has 7 heteroatoms. The number of amides is 2. The van der Waals surface area contributed by atoms with Gasteiger partial charge < -0.3 is 21.1 Å². The smallest absolute Gasteiger partial charge is 0.251 e. The van der Waals surface area contributed by atoms with Crippen LogP contribution in [0.4, 0.5) is 0 Å². The van der Waals surface area contributed by atoms with Crippen LogP contribution in [0.3, 0.4) is 0 Å². The van der Waals surface area contributed by atoms with Gasteiger partial charge in [0.15, 0.2) is 0 Å². The molecule has 0 spiro atoms. The molecule has 1 aromatic rings. The van der Waals surface area contributed by atoms with Crippen molar-refractivity contribution in [3.05, 3.63) is 35.4 Å². The Morgan fingerprint density at radius 2 is 2.14 bits per heavy atom. The molecule has 2 amide bonds. The van der Waals surface area contributed by atoms with Gasteiger partial charge in [-0.1, -0.05) is 12.1 Å². The summed E-state index contributed by atoms with van der Waals surface area (Å²) >= 11 is 0. The SMILES string of the molecule is Cl.NCC(=O)NCc1cccc(C(=O)NCC2CCCO2)c1. The molecule has 1 aliphatic heterocycles. The summed E-state index contributed by atoms with van der Waals surface area (Å²) in [6.45, 7) is 1.63.